The molecule has 0 saturated heterocycles. The Morgan fingerprint density at radius 3 is 2.23 bits per heavy atom. The number of benzene rings is 2. The van der Waals surface area contributed by atoms with E-state index < -0.39 is 0 Å². The molecule has 0 aliphatic heterocycles. The van der Waals surface area contributed by atoms with Crippen molar-refractivity contribution in [2.45, 2.75) is 29.9 Å². The van der Waals surface area contributed by atoms with Gasteiger partial charge >= 0.3 is 0 Å². The van der Waals surface area contributed by atoms with Gasteiger partial charge in [-0.3, -0.25) is 4.57 Å². The highest BCUT2D eigenvalue weighted by molar-refractivity contribution is 7.99. The molecule has 5 nitrogen and oxygen atoms in total. The predicted octanol–water partition coefficient (Wildman–Crippen LogP) is 5.77. The average Bonchev–Trinajstić information content (AvgIpc) is 3.19. The molecular formula is C24H23N5S2. The molecule has 2 heterocycles. The first-order valence-corrected chi connectivity index (χ1v) is 12.0. The van der Waals surface area contributed by atoms with Crippen LogP contribution in [0.5, 0.6) is 0 Å². The van der Waals surface area contributed by atoms with Crippen molar-refractivity contribution in [1.82, 2.24) is 24.7 Å². The van der Waals surface area contributed by atoms with Crippen molar-refractivity contribution in [1.29, 1.82) is 0 Å². The Hall–Kier alpha value is -2.90. The van der Waals surface area contributed by atoms with Crippen LogP contribution in [0.25, 0.3) is 11.8 Å². The van der Waals surface area contributed by atoms with Crippen molar-refractivity contribution in [3.8, 4) is 5.69 Å². The van der Waals surface area contributed by atoms with E-state index in [2.05, 4.69) is 61.1 Å². The summed E-state index contributed by atoms with van der Waals surface area (Å²) in [5, 5.41) is 10.6. The van der Waals surface area contributed by atoms with Gasteiger partial charge in [-0.25, -0.2) is 9.97 Å². The molecule has 0 spiro atoms. The van der Waals surface area contributed by atoms with Gasteiger partial charge in [0.2, 0.25) is 0 Å². The van der Waals surface area contributed by atoms with Gasteiger partial charge in [-0.05, 0) is 37.6 Å². The van der Waals surface area contributed by atoms with Crippen LogP contribution in [-0.2, 0) is 5.75 Å². The van der Waals surface area contributed by atoms with E-state index in [0.717, 1.165) is 39.0 Å². The standard InChI is InChI=1S/C24H23N5S2/c1-18-16-19(2)26-23(25-18)31-17-22-27-28-24(29(22)21-13-7-4-8-14-21)30-15-9-12-20-10-5-3-6-11-20/h3-14,16H,15,17H2,1-2H3/b12-9-. The SMILES string of the molecule is Cc1cc(C)nc(SCc2nnc(SC/C=C\c3ccccc3)n2-c2ccccc2)n1. The van der Waals surface area contributed by atoms with E-state index in [1.807, 2.05) is 56.3 Å². The first kappa shape index (κ1) is 21.3. The largest absolute Gasteiger partial charge is 0.273 e. The summed E-state index contributed by atoms with van der Waals surface area (Å²) in [6.45, 7) is 3.98. The normalized spacial score (nSPS) is 11.3. The van der Waals surface area contributed by atoms with Gasteiger partial charge in [0.25, 0.3) is 0 Å². The summed E-state index contributed by atoms with van der Waals surface area (Å²) in [4.78, 5) is 9.06. The summed E-state index contributed by atoms with van der Waals surface area (Å²) < 4.78 is 2.12. The van der Waals surface area contributed by atoms with Crippen LogP contribution in [0.2, 0.25) is 0 Å². The summed E-state index contributed by atoms with van der Waals surface area (Å²) in [6.07, 6.45) is 4.28. The minimum absolute atomic E-state index is 0.644. The first-order chi connectivity index (χ1) is 15.2. The molecule has 4 aromatic rings. The van der Waals surface area contributed by atoms with Crippen molar-refractivity contribution in [3.63, 3.8) is 0 Å². The maximum atomic E-state index is 4.53. The quantitative estimate of drug-likeness (QED) is 0.253. The van der Waals surface area contributed by atoms with Gasteiger partial charge < -0.3 is 0 Å². The summed E-state index contributed by atoms with van der Waals surface area (Å²) in [6, 6.07) is 22.5. The Bertz CT molecular complexity index is 1140. The molecule has 0 radical (unpaired) electrons. The second kappa shape index (κ2) is 10.4. The molecule has 2 aromatic heterocycles. The summed E-state index contributed by atoms with van der Waals surface area (Å²) >= 11 is 3.25. The topological polar surface area (TPSA) is 56.5 Å². The molecule has 0 unspecified atom stereocenters. The predicted molar refractivity (Wildman–Crippen MR) is 129 cm³/mol. The highest BCUT2D eigenvalue weighted by Crippen LogP contribution is 2.26. The van der Waals surface area contributed by atoms with E-state index in [1.54, 1.807) is 23.5 Å². The molecular weight excluding hydrogens is 422 g/mol. The van der Waals surface area contributed by atoms with Gasteiger partial charge in [0.1, 0.15) is 5.82 Å². The Morgan fingerprint density at radius 2 is 1.52 bits per heavy atom. The molecule has 0 atom stereocenters. The van der Waals surface area contributed by atoms with E-state index >= 15 is 0 Å². The van der Waals surface area contributed by atoms with Crippen LogP contribution < -0.4 is 0 Å². The highest BCUT2D eigenvalue weighted by Gasteiger charge is 2.15. The highest BCUT2D eigenvalue weighted by atomic mass is 32.2. The molecule has 0 bridgehead atoms. The molecule has 0 amide bonds. The lowest BCUT2D eigenvalue weighted by Crippen LogP contribution is -2.02. The molecule has 2 aromatic carbocycles. The van der Waals surface area contributed by atoms with Gasteiger partial charge in [-0.15, -0.1) is 10.2 Å². The average molecular weight is 446 g/mol. The zero-order chi connectivity index (χ0) is 21.5. The fraction of sp³-hybridized carbons (Fsp3) is 0.167. The summed E-state index contributed by atoms with van der Waals surface area (Å²) in [5.41, 5.74) is 4.19. The van der Waals surface area contributed by atoms with Crippen molar-refractivity contribution < 1.29 is 0 Å². The number of hydrogen-bond donors (Lipinski definition) is 0. The van der Waals surface area contributed by atoms with Crippen LogP contribution in [0, 0.1) is 13.8 Å². The van der Waals surface area contributed by atoms with Gasteiger partial charge in [0.15, 0.2) is 10.3 Å². The second-order valence-corrected chi connectivity index (χ2v) is 8.85. The lowest BCUT2D eigenvalue weighted by atomic mass is 10.2. The molecule has 156 valence electrons. The van der Waals surface area contributed by atoms with Crippen molar-refractivity contribution >= 4 is 29.6 Å². The molecule has 31 heavy (non-hydrogen) atoms. The monoisotopic (exact) mass is 445 g/mol. The van der Waals surface area contributed by atoms with Crippen LogP contribution in [0.3, 0.4) is 0 Å². The van der Waals surface area contributed by atoms with Gasteiger partial charge in [-0.2, -0.15) is 0 Å². The number of hydrogen-bond acceptors (Lipinski definition) is 6. The van der Waals surface area contributed by atoms with Crippen molar-refractivity contribution in [2.24, 2.45) is 0 Å². The number of aromatic nitrogens is 5. The minimum Gasteiger partial charge on any atom is -0.273 e. The zero-order valence-electron chi connectivity index (χ0n) is 17.5. The fourth-order valence-electron chi connectivity index (χ4n) is 3.08. The molecule has 7 heteroatoms. The molecule has 0 aliphatic carbocycles. The Balaban J connectivity index is 1.52. The van der Waals surface area contributed by atoms with E-state index in [0.29, 0.717) is 5.75 Å². The van der Waals surface area contributed by atoms with E-state index in [4.69, 9.17) is 0 Å². The molecule has 4 rings (SSSR count). The van der Waals surface area contributed by atoms with Crippen LogP contribution in [0.1, 0.15) is 22.8 Å². The number of nitrogens with zero attached hydrogens (tertiary/aromatic N) is 5. The Labute approximate surface area is 191 Å². The van der Waals surface area contributed by atoms with Gasteiger partial charge in [0.05, 0.1) is 5.75 Å². The molecule has 0 saturated carbocycles. The molecule has 0 aliphatic rings. The minimum atomic E-state index is 0.644. The summed E-state index contributed by atoms with van der Waals surface area (Å²) in [7, 11) is 0. The van der Waals surface area contributed by atoms with Gasteiger partial charge in [-0.1, -0.05) is 84.2 Å². The second-order valence-electron chi connectivity index (χ2n) is 6.92. The Kier molecular flexibility index (Phi) is 7.17. The third kappa shape index (κ3) is 5.83. The zero-order valence-corrected chi connectivity index (χ0v) is 19.1. The first-order valence-electron chi connectivity index (χ1n) is 9.98. The van der Waals surface area contributed by atoms with Crippen LogP contribution in [-0.4, -0.2) is 30.5 Å². The smallest absolute Gasteiger partial charge is 0.196 e. The number of rotatable bonds is 8. The van der Waals surface area contributed by atoms with E-state index in [1.165, 1.54) is 5.56 Å². The number of thioether (sulfide) groups is 2. The van der Waals surface area contributed by atoms with Crippen molar-refractivity contribution in [2.75, 3.05) is 5.75 Å². The third-order valence-electron chi connectivity index (χ3n) is 4.43. The number of para-hydroxylation sites is 1. The molecule has 0 N–H and O–H groups in total. The maximum absolute atomic E-state index is 4.53. The Morgan fingerprint density at radius 1 is 0.839 bits per heavy atom. The lowest BCUT2D eigenvalue weighted by molar-refractivity contribution is 0.862. The maximum Gasteiger partial charge on any atom is 0.196 e. The van der Waals surface area contributed by atoms with Crippen LogP contribution in [0.4, 0.5) is 0 Å². The third-order valence-corrected chi connectivity index (χ3v) is 6.15. The van der Waals surface area contributed by atoms with E-state index in [-0.39, 0.29) is 0 Å². The van der Waals surface area contributed by atoms with E-state index in [9.17, 15) is 0 Å². The van der Waals surface area contributed by atoms with Gasteiger partial charge in [0, 0.05) is 22.8 Å². The lowest BCUT2D eigenvalue weighted by Gasteiger charge is -2.09. The summed E-state index contributed by atoms with van der Waals surface area (Å²) in [5.74, 6) is 2.34. The van der Waals surface area contributed by atoms with Crippen LogP contribution >= 0.6 is 23.5 Å². The molecule has 0 fully saturated rings. The number of aryl methyl sites for hydroxylation is 2. The van der Waals surface area contributed by atoms with Crippen LogP contribution in [0.15, 0.2) is 83.1 Å². The fourth-order valence-corrected chi connectivity index (χ4v) is 4.72. The van der Waals surface area contributed by atoms with Crippen molar-refractivity contribution in [3.05, 3.63) is 95.6 Å².